The Balaban J connectivity index is 1.71. The highest BCUT2D eigenvalue weighted by atomic mass is 35.5. The summed E-state index contributed by atoms with van der Waals surface area (Å²) in [7, 11) is -3.97. The lowest BCUT2D eigenvalue weighted by molar-refractivity contribution is -0.125. The van der Waals surface area contributed by atoms with E-state index in [2.05, 4.69) is 5.32 Å². The van der Waals surface area contributed by atoms with Crippen LogP contribution in [0.2, 0.25) is 10.0 Å². The molecule has 0 radical (unpaired) electrons. The lowest BCUT2D eigenvalue weighted by Gasteiger charge is -2.26. The van der Waals surface area contributed by atoms with Crippen LogP contribution in [-0.2, 0) is 24.3 Å². The van der Waals surface area contributed by atoms with Crippen LogP contribution in [0.25, 0.3) is 0 Å². The minimum absolute atomic E-state index is 0.0970. The van der Waals surface area contributed by atoms with Gasteiger partial charge in [0.25, 0.3) is 5.91 Å². The van der Waals surface area contributed by atoms with E-state index in [1.54, 1.807) is 19.1 Å². The smallest absolute Gasteiger partial charge is 0.340 e. The molecule has 1 unspecified atom stereocenters. The zero-order valence-corrected chi connectivity index (χ0v) is 18.8. The number of morpholine rings is 1. The lowest BCUT2D eigenvalue weighted by Crippen LogP contribution is -2.40. The lowest BCUT2D eigenvalue weighted by atomic mass is 10.2. The monoisotopic (exact) mass is 490 g/mol. The van der Waals surface area contributed by atoms with Gasteiger partial charge in [0.1, 0.15) is 10.7 Å². The standard InChI is InChI=1S/C19H20Cl2N2O7S/c1-12(16-3-2-6-29-16)22-18(24)11-30-19(25)13-9-17(15(21)10-14(13)20)31(26,27)23-4-7-28-8-5-23/h2-3,6,9-10,12H,4-5,7-8,11H2,1H3,(H,22,24). The summed E-state index contributed by atoms with van der Waals surface area (Å²) < 4.78 is 42.4. The highest BCUT2D eigenvalue weighted by molar-refractivity contribution is 7.89. The molecule has 1 aliphatic rings. The number of sulfonamides is 1. The second-order valence-corrected chi connectivity index (χ2v) is 9.38. The predicted molar refractivity (Wildman–Crippen MR) is 112 cm³/mol. The van der Waals surface area contributed by atoms with Crippen LogP contribution in [0.1, 0.15) is 29.1 Å². The number of hydrogen-bond acceptors (Lipinski definition) is 7. The van der Waals surface area contributed by atoms with Gasteiger partial charge in [-0.1, -0.05) is 23.2 Å². The van der Waals surface area contributed by atoms with Gasteiger partial charge in [0.15, 0.2) is 6.61 Å². The SMILES string of the molecule is CC(NC(=O)COC(=O)c1cc(S(=O)(=O)N2CCOCC2)c(Cl)cc1Cl)c1ccco1. The molecule has 31 heavy (non-hydrogen) atoms. The van der Waals surface area contributed by atoms with Crippen LogP contribution in [-0.4, -0.2) is 57.5 Å². The Morgan fingerprint density at radius 2 is 1.94 bits per heavy atom. The van der Waals surface area contributed by atoms with Gasteiger partial charge in [0, 0.05) is 13.1 Å². The number of amides is 1. The van der Waals surface area contributed by atoms with Crippen molar-refractivity contribution in [3.63, 3.8) is 0 Å². The number of nitrogens with one attached hydrogen (secondary N) is 1. The number of furan rings is 1. The average Bonchev–Trinajstić information content (AvgIpc) is 3.27. The maximum Gasteiger partial charge on any atom is 0.340 e. The Bertz CT molecular complexity index is 1050. The number of benzene rings is 1. The molecule has 1 aromatic heterocycles. The number of halogens is 2. The molecule has 0 spiro atoms. The molecule has 2 heterocycles. The fraction of sp³-hybridized carbons (Fsp3) is 0.368. The van der Waals surface area contributed by atoms with Gasteiger partial charge in [-0.2, -0.15) is 4.31 Å². The van der Waals surface area contributed by atoms with Crippen molar-refractivity contribution >= 4 is 45.1 Å². The Kier molecular flexibility index (Phi) is 7.60. The molecular weight excluding hydrogens is 471 g/mol. The molecule has 2 aromatic rings. The highest BCUT2D eigenvalue weighted by Gasteiger charge is 2.30. The van der Waals surface area contributed by atoms with E-state index in [1.165, 1.54) is 10.6 Å². The van der Waals surface area contributed by atoms with Crippen molar-refractivity contribution < 1.29 is 31.9 Å². The van der Waals surface area contributed by atoms with E-state index in [0.717, 1.165) is 12.1 Å². The molecule has 3 rings (SSSR count). The number of ether oxygens (including phenoxy) is 2. The first-order valence-electron chi connectivity index (χ1n) is 9.27. The van der Waals surface area contributed by atoms with Crippen LogP contribution in [0, 0.1) is 0 Å². The van der Waals surface area contributed by atoms with Gasteiger partial charge in [-0.15, -0.1) is 0 Å². The van der Waals surface area contributed by atoms with E-state index in [0.29, 0.717) is 5.76 Å². The summed E-state index contributed by atoms with van der Waals surface area (Å²) in [5.41, 5.74) is -0.218. The molecule has 1 aromatic carbocycles. The molecule has 1 amide bonds. The van der Waals surface area contributed by atoms with Gasteiger partial charge in [-0.05, 0) is 31.2 Å². The maximum atomic E-state index is 12.9. The van der Waals surface area contributed by atoms with Crippen molar-refractivity contribution in [1.82, 2.24) is 9.62 Å². The Hall–Kier alpha value is -2.11. The minimum Gasteiger partial charge on any atom is -0.467 e. The molecule has 12 heteroatoms. The summed E-state index contributed by atoms with van der Waals surface area (Å²) >= 11 is 12.2. The van der Waals surface area contributed by atoms with E-state index in [1.807, 2.05) is 0 Å². The first-order valence-corrected chi connectivity index (χ1v) is 11.5. The van der Waals surface area contributed by atoms with Crippen LogP contribution in [0.3, 0.4) is 0 Å². The molecule has 1 N–H and O–H groups in total. The fourth-order valence-electron chi connectivity index (χ4n) is 2.91. The Labute approximate surface area is 189 Å². The third-order valence-electron chi connectivity index (χ3n) is 4.51. The van der Waals surface area contributed by atoms with Crippen molar-refractivity contribution in [1.29, 1.82) is 0 Å². The number of hydrogen-bond donors (Lipinski definition) is 1. The van der Waals surface area contributed by atoms with E-state index >= 15 is 0 Å². The summed E-state index contributed by atoms with van der Waals surface area (Å²) in [6.45, 7) is 1.95. The largest absolute Gasteiger partial charge is 0.467 e. The molecule has 0 bridgehead atoms. The normalized spacial score (nSPS) is 16.0. The predicted octanol–water partition coefficient (Wildman–Crippen LogP) is 2.64. The molecule has 1 atom stereocenters. The van der Waals surface area contributed by atoms with E-state index in [4.69, 9.17) is 37.1 Å². The minimum atomic E-state index is -3.97. The zero-order valence-electron chi connectivity index (χ0n) is 16.5. The van der Waals surface area contributed by atoms with Gasteiger partial charge in [-0.3, -0.25) is 4.79 Å². The maximum absolute atomic E-state index is 12.9. The third kappa shape index (κ3) is 5.58. The van der Waals surface area contributed by atoms with Gasteiger partial charge >= 0.3 is 5.97 Å². The van der Waals surface area contributed by atoms with Crippen LogP contribution in [0.4, 0.5) is 0 Å². The second kappa shape index (κ2) is 10.0. The quantitative estimate of drug-likeness (QED) is 0.593. The van der Waals surface area contributed by atoms with Crippen LogP contribution in [0.15, 0.2) is 39.8 Å². The molecule has 168 valence electrons. The summed E-state index contributed by atoms with van der Waals surface area (Å²) in [6.07, 6.45) is 1.48. The number of nitrogens with zero attached hydrogens (tertiary/aromatic N) is 1. The molecule has 9 nitrogen and oxygen atoms in total. The van der Waals surface area contributed by atoms with Crippen LogP contribution in [0.5, 0.6) is 0 Å². The number of esters is 1. The summed E-state index contributed by atoms with van der Waals surface area (Å²) in [5, 5.41) is 2.39. The molecule has 0 aliphatic carbocycles. The molecular formula is C19H20Cl2N2O7S. The van der Waals surface area contributed by atoms with Gasteiger partial charge < -0.3 is 19.2 Å². The van der Waals surface area contributed by atoms with Crippen molar-refractivity contribution in [3.8, 4) is 0 Å². The number of carbonyl (C=O) groups is 2. The van der Waals surface area contributed by atoms with Gasteiger partial charge in [0.2, 0.25) is 10.0 Å². The number of carbonyl (C=O) groups excluding carboxylic acids is 2. The van der Waals surface area contributed by atoms with Crippen LogP contribution >= 0.6 is 23.2 Å². The summed E-state index contributed by atoms with van der Waals surface area (Å²) in [6, 6.07) is 5.17. The van der Waals surface area contributed by atoms with Gasteiger partial charge in [-0.25, -0.2) is 13.2 Å². The first-order chi connectivity index (χ1) is 14.7. The average molecular weight is 491 g/mol. The summed E-state index contributed by atoms with van der Waals surface area (Å²) in [4.78, 5) is 24.3. The van der Waals surface area contributed by atoms with Crippen molar-refractivity contribution in [2.45, 2.75) is 17.9 Å². The molecule has 1 aliphatic heterocycles. The van der Waals surface area contributed by atoms with Crippen molar-refractivity contribution in [2.75, 3.05) is 32.9 Å². The topological polar surface area (TPSA) is 115 Å². The molecule has 1 saturated heterocycles. The number of rotatable bonds is 7. The van der Waals surface area contributed by atoms with Gasteiger partial charge in [0.05, 0.1) is 41.1 Å². The first kappa shape index (κ1) is 23.6. The van der Waals surface area contributed by atoms with Crippen LogP contribution < -0.4 is 5.32 Å². The Morgan fingerprint density at radius 3 is 2.58 bits per heavy atom. The van der Waals surface area contributed by atoms with E-state index in [9.17, 15) is 18.0 Å². The Morgan fingerprint density at radius 1 is 1.23 bits per heavy atom. The third-order valence-corrected chi connectivity index (χ3v) is 7.19. The molecule has 0 saturated carbocycles. The van der Waals surface area contributed by atoms with E-state index < -0.39 is 34.5 Å². The zero-order chi connectivity index (χ0) is 22.6. The van der Waals surface area contributed by atoms with Crippen molar-refractivity contribution in [3.05, 3.63) is 51.9 Å². The second-order valence-electron chi connectivity index (χ2n) is 6.66. The fourth-order valence-corrected chi connectivity index (χ4v) is 5.14. The highest BCUT2D eigenvalue weighted by Crippen LogP contribution is 2.31. The summed E-state index contributed by atoms with van der Waals surface area (Å²) in [5.74, 6) is -0.984. The van der Waals surface area contributed by atoms with Crippen molar-refractivity contribution in [2.24, 2.45) is 0 Å². The molecule has 1 fully saturated rings. The van der Waals surface area contributed by atoms with E-state index in [-0.39, 0.29) is 46.8 Å².